The minimum Gasteiger partial charge on any atom is -0.460 e. The standard InChI is InChI=1S/C13H12FNO3/c1-2-17-13(16)12-6-5-11(18-12)9-4-3-8(14)7-10(9)15/h3-7H,2,15H2,1H3. The Bertz CT molecular complexity index is 577. The fourth-order valence-electron chi connectivity index (χ4n) is 1.55. The molecule has 0 amide bonds. The average molecular weight is 249 g/mol. The molecule has 0 saturated heterocycles. The molecule has 1 aromatic heterocycles. The monoisotopic (exact) mass is 249 g/mol. The lowest BCUT2D eigenvalue weighted by molar-refractivity contribution is 0.0491. The van der Waals surface area contributed by atoms with E-state index in [9.17, 15) is 9.18 Å². The molecule has 0 spiro atoms. The molecule has 0 aliphatic rings. The zero-order chi connectivity index (χ0) is 13.1. The van der Waals surface area contributed by atoms with Crippen molar-refractivity contribution in [3.05, 3.63) is 41.9 Å². The summed E-state index contributed by atoms with van der Waals surface area (Å²) >= 11 is 0. The summed E-state index contributed by atoms with van der Waals surface area (Å²) in [4.78, 5) is 11.4. The highest BCUT2D eigenvalue weighted by atomic mass is 19.1. The number of rotatable bonds is 3. The lowest BCUT2D eigenvalue weighted by Gasteiger charge is -2.02. The van der Waals surface area contributed by atoms with Crippen LogP contribution in [-0.4, -0.2) is 12.6 Å². The van der Waals surface area contributed by atoms with E-state index in [1.807, 2.05) is 0 Å². The van der Waals surface area contributed by atoms with Crippen LogP contribution >= 0.6 is 0 Å². The summed E-state index contributed by atoms with van der Waals surface area (Å²) in [6.45, 7) is 1.98. The molecule has 0 aliphatic carbocycles. The molecule has 0 saturated carbocycles. The van der Waals surface area contributed by atoms with Gasteiger partial charge in [-0.15, -0.1) is 0 Å². The molecule has 5 heteroatoms. The van der Waals surface area contributed by atoms with Crippen molar-refractivity contribution >= 4 is 11.7 Å². The number of nitrogens with two attached hydrogens (primary N) is 1. The van der Waals surface area contributed by atoms with E-state index >= 15 is 0 Å². The average Bonchev–Trinajstić information content (AvgIpc) is 2.78. The Morgan fingerprint density at radius 3 is 2.83 bits per heavy atom. The number of halogens is 1. The SMILES string of the molecule is CCOC(=O)c1ccc(-c2ccc(F)cc2N)o1. The van der Waals surface area contributed by atoms with Crippen LogP contribution in [-0.2, 0) is 4.74 Å². The van der Waals surface area contributed by atoms with Gasteiger partial charge in [0.25, 0.3) is 0 Å². The maximum absolute atomic E-state index is 12.9. The first-order valence-corrected chi connectivity index (χ1v) is 5.44. The second kappa shape index (κ2) is 4.91. The summed E-state index contributed by atoms with van der Waals surface area (Å²) < 4.78 is 23.0. The third-order valence-corrected chi connectivity index (χ3v) is 2.36. The van der Waals surface area contributed by atoms with E-state index in [0.29, 0.717) is 11.3 Å². The van der Waals surface area contributed by atoms with Gasteiger partial charge in [-0.2, -0.15) is 0 Å². The van der Waals surface area contributed by atoms with Crippen LogP contribution in [0.5, 0.6) is 0 Å². The van der Waals surface area contributed by atoms with Crippen molar-refractivity contribution in [2.75, 3.05) is 12.3 Å². The Hall–Kier alpha value is -2.30. The van der Waals surface area contributed by atoms with Crippen LogP contribution in [0.3, 0.4) is 0 Å². The van der Waals surface area contributed by atoms with Gasteiger partial charge in [0.1, 0.15) is 11.6 Å². The van der Waals surface area contributed by atoms with Gasteiger partial charge in [-0.25, -0.2) is 9.18 Å². The Labute approximate surface area is 103 Å². The fraction of sp³-hybridized carbons (Fsp3) is 0.154. The number of carbonyl (C=O) groups excluding carboxylic acids is 1. The topological polar surface area (TPSA) is 65.5 Å². The number of esters is 1. The highest BCUT2D eigenvalue weighted by molar-refractivity contribution is 5.87. The molecule has 0 aliphatic heterocycles. The van der Waals surface area contributed by atoms with Crippen molar-refractivity contribution in [2.24, 2.45) is 0 Å². The minimum atomic E-state index is -0.538. The van der Waals surface area contributed by atoms with Gasteiger partial charge < -0.3 is 14.9 Å². The third kappa shape index (κ3) is 2.34. The van der Waals surface area contributed by atoms with E-state index in [0.717, 1.165) is 0 Å². The van der Waals surface area contributed by atoms with E-state index in [1.165, 1.54) is 24.3 Å². The predicted molar refractivity (Wildman–Crippen MR) is 64.5 cm³/mol. The summed E-state index contributed by atoms with van der Waals surface area (Å²) in [7, 11) is 0. The van der Waals surface area contributed by atoms with Crippen LogP contribution in [0.2, 0.25) is 0 Å². The Balaban J connectivity index is 2.32. The Kier molecular flexibility index (Phi) is 3.32. The van der Waals surface area contributed by atoms with Gasteiger partial charge in [-0.1, -0.05) is 0 Å². The van der Waals surface area contributed by atoms with Crippen molar-refractivity contribution in [3.8, 4) is 11.3 Å². The van der Waals surface area contributed by atoms with Crippen LogP contribution in [0.4, 0.5) is 10.1 Å². The van der Waals surface area contributed by atoms with E-state index in [-0.39, 0.29) is 18.1 Å². The highest BCUT2D eigenvalue weighted by Crippen LogP contribution is 2.28. The second-order valence-electron chi connectivity index (χ2n) is 3.62. The van der Waals surface area contributed by atoms with E-state index < -0.39 is 11.8 Å². The van der Waals surface area contributed by atoms with Crippen LogP contribution < -0.4 is 5.73 Å². The lowest BCUT2D eigenvalue weighted by atomic mass is 10.1. The van der Waals surface area contributed by atoms with Gasteiger partial charge in [0, 0.05) is 11.3 Å². The summed E-state index contributed by atoms with van der Waals surface area (Å²) in [5, 5.41) is 0. The summed E-state index contributed by atoms with van der Waals surface area (Å²) in [5.41, 5.74) is 6.47. The Morgan fingerprint density at radius 1 is 1.39 bits per heavy atom. The van der Waals surface area contributed by atoms with Gasteiger partial charge in [0.05, 0.1) is 6.61 Å². The van der Waals surface area contributed by atoms with Crippen LogP contribution in [0.15, 0.2) is 34.7 Å². The molecule has 1 aromatic carbocycles. The number of benzene rings is 1. The highest BCUT2D eigenvalue weighted by Gasteiger charge is 2.14. The predicted octanol–water partition coefficient (Wildman–Crippen LogP) is 2.84. The zero-order valence-electron chi connectivity index (χ0n) is 9.77. The zero-order valence-corrected chi connectivity index (χ0v) is 9.77. The first-order chi connectivity index (χ1) is 8.61. The number of nitrogen functional groups attached to an aromatic ring is 1. The van der Waals surface area contributed by atoms with E-state index in [1.54, 1.807) is 13.0 Å². The fourth-order valence-corrected chi connectivity index (χ4v) is 1.55. The van der Waals surface area contributed by atoms with Gasteiger partial charge in [0.2, 0.25) is 5.76 Å². The second-order valence-corrected chi connectivity index (χ2v) is 3.62. The summed E-state index contributed by atoms with van der Waals surface area (Å²) in [6, 6.07) is 7.06. The normalized spacial score (nSPS) is 10.3. The smallest absolute Gasteiger partial charge is 0.374 e. The molecule has 18 heavy (non-hydrogen) atoms. The van der Waals surface area contributed by atoms with Gasteiger partial charge in [-0.05, 0) is 37.3 Å². The number of ether oxygens (including phenoxy) is 1. The number of anilines is 1. The molecule has 0 atom stereocenters. The first-order valence-electron chi connectivity index (χ1n) is 5.44. The lowest BCUT2D eigenvalue weighted by Crippen LogP contribution is -2.02. The minimum absolute atomic E-state index is 0.0931. The molecule has 1 heterocycles. The number of carbonyl (C=O) groups is 1. The van der Waals surface area contributed by atoms with Crippen molar-refractivity contribution in [1.82, 2.24) is 0 Å². The van der Waals surface area contributed by atoms with Crippen molar-refractivity contribution in [2.45, 2.75) is 6.92 Å². The molecular formula is C13H12FNO3. The molecule has 94 valence electrons. The van der Waals surface area contributed by atoms with E-state index in [4.69, 9.17) is 14.9 Å². The van der Waals surface area contributed by atoms with Gasteiger partial charge >= 0.3 is 5.97 Å². The van der Waals surface area contributed by atoms with Gasteiger partial charge in [-0.3, -0.25) is 0 Å². The van der Waals surface area contributed by atoms with E-state index in [2.05, 4.69) is 0 Å². The molecule has 2 N–H and O–H groups in total. The van der Waals surface area contributed by atoms with Gasteiger partial charge in [0.15, 0.2) is 0 Å². The molecule has 4 nitrogen and oxygen atoms in total. The molecule has 2 aromatic rings. The molecular weight excluding hydrogens is 237 g/mol. The molecule has 0 bridgehead atoms. The van der Waals surface area contributed by atoms with Crippen molar-refractivity contribution in [1.29, 1.82) is 0 Å². The van der Waals surface area contributed by atoms with Crippen LogP contribution in [0.1, 0.15) is 17.5 Å². The summed E-state index contributed by atoms with van der Waals surface area (Å²) in [6.07, 6.45) is 0. The molecule has 0 unspecified atom stereocenters. The molecule has 2 rings (SSSR count). The number of hydrogen-bond donors (Lipinski definition) is 1. The number of furan rings is 1. The quantitative estimate of drug-likeness (QED) is 0.671. The maximum atomic E-state index is 12.9. The molecule has 0 fully saturated rings. The van der Waals surface area contributed by atoms with Crippen LogP contribution in [0.25, 0.3) is 11.3 Å². The number of hydrogen-bond acceptors (Lipinski definition) is 4. The Morgan fingerprint density at radius 2 is 2.17 bits per heavy atom. The third-order valence-electron chi connectivity index (χ3n) is 2.36. The van der Waals surface area contributed by atoms with Crippen molar-refractivity contribution < 1.29 is 18.3 Å². The molecule has 0 radical (unpaired) electrons. The largest absolute Gasteiger partial charge is 0.460 e. The summed E-state index contributed by atoms with van der Waals surface area (Å²) in [5.74, 6) is -0.469. The maximum Gasteiger partial charge on any atom is 0.374 e. The van der Waals surface area contributed by atoms with Crippen LogP contribution in [0, 0.1) is 5.82 Å². The van der Waals surface area contributed by atoms with Crippen molar-refractivity contribution in [3.63, 3.8) is 0 Å². The first kappa shape index (κ1) is 12.2.